The molecule has 2 aromatic rings. The van der Waals surface area contributed by atoms with Crippen LogP contribution in [0.5, 0.6) is 11.5 Å². The molecule has 0 fully saturated rings. The molecule has 0 amide bonds. The highest BCUT2D eigenvalue weighted by molar-refractivity contribution is 7.09. The normalized spacial score (nSPS) is 10.4. The fourth-order valence-electron chi connectivity index (χ4n) is 1.89. The van der Waals surface area contributed by atoms with Crippen molar-refractivity contribution in [3.63, 3.8) is 0 Å². The number of rotatable bonds is 7. The molecule has 0 aliphatic rings. The highest BCUT2D eigenvalue weighted by Crippen LogP contribution is 2.24. The topological polar surface area (TPSA) is 44.5 Å². The summed E-state index contributed by atoms with van der Waals surface area (Å²) in [7, 11) is 1.67. The number of nitrogens with two attached hydrogens (primary N) is 1. The summed E-state index contributed by atoms with van der Waals surface area (Å²) >= 11 is 1.76. The third kappa shape index (κ3) is 3.98. The van der Waals surface area contributed by atoms with Gasteiger partial charge in [-0.1, -0.05) is 6.07 Å². The Labute approximate surface area is 118 Å². The summed E-state index contributed by atoms with van der Waals surface area (Å²) in [6.45, 7) is 1.29. The van der Waals surface area contributed by atoms with E-state index >= 15 is 0 Å². The molecule has 102 valence electrons. The van der Waals surface area contributed by atoms with Crippen molar-refractivity contribution in [1.29, 1.82) is 0 Å². The molecular formula is C15H19NO2S. The van der Waals surface area contributed by atoms with E-state index in [2.05, 4.69) is 17.5 Å². The summed E-state index contributed by atoms with van der Waals surface area (Å²) in [6, 6.07) is 10.1. The molecule has 0 unspecified atom stereocenters. The zero-order chi connectivity index (χ0) is 13.5. The lowest BCUT2D eigenvalue weighted by molar-refractivity contribution is 0.318. The molecule has 0 radical (unpaired) electrons. The van der Waals surface area contributed by atoms with Crippen molar-refractivity contribution in [3.05, 3.63) is 46.2 Å². The molecule has 0 saturated carbocycles. The first kappa shape index (κ1) is 13.9. The Morgan fingerprint density at radius 2 is 2.11 bits per heavy atom. The largest absolute Gasteiger partial charge is 0.497 e. The molecule has 0 aliphatic carbocycles. The van der Waals surface area contributed by atoms with Crippen molar-refractivity contribution in [2.45, 2.75) is 12.8 Å². The lowest BCUT2D eigenvalue weighted by Gasteiger charge is -2.12. The molecule has 3 nitrogen and oxygen atoms in total. The minimum absolute atomic E-state index is 0.606. The molecular weight excluding hydrogens is 258 g/mol. The Bertz CT molecular complexity index is 497. The van der Waals surface area contributed by atoms with Crippen LogP contribution < -0.4 is 15.2 Å². The van der Waals surface area contributed by atoms with Gasteiger partial charge in [-0.05, 0) is 48.2 Å². The summed E-state index contributed by atoms with van der Waals surface area (Å²) in [5, 5.41) is 2.09. The predicted molar refractivity (Wildman–Crippen MR) is 79.3 cm³/mol. The fourth-order valence-corrected chi connectivity index (χ4v) is 2.58. The lowest BCUT2D eigenvalue weighted by atomic mass is 10.1. The van der Waals surface area contributed by atoms with Crippen LogP contribution in [0, 0.1) is 0 Å². The third-order valence-electron chi connectivity index (χ3n) is 2.87. The van der Waals surface area contributed by atoms with E-state index in [0.29, 0.717) is 13.2 Å². The van der Waals surface area contributed by atoms with E-state index in [1.54, 1.807) is 18.4 Å². The molecule has 0 bridgehead atoms. The second kappa shape index (κ2) is 7.16. The number of hydrogen-bond donors (Lipinski definition) is 1. The van der Waals surface area contributed by atoms with Gasteiger partial charge in [0.1, 0.15) is 11.5 Å². The Kier molecular flexibility index (Phi) is 5.24. The fraction of sp³-hybridized carbons (Fsp3) is 0.333. The molecule has 0 spiro atoms. The summed E-state index contributed by atoms with van der Waals surface area (Å²) in [4.78, 5) is 1.34. The second-order valence-corrected chi connectivity index (χ2v) is 5.22. The van der Waals surface area contributed by atoms with Gasteiger partial charge >= 0.3 is 0 Å². The number of ether oxygens (including phenoxy) is 2. The maximum atomic E-state index is 5.86. The number of thiophene rings is 1. The summed E-state index contributed by atoms with van der Waals surface area (Å²) < 4.78 is 11.1. The van der Waals surface area contributed by atoms with Crippen LogP contribution in [0.1, 0.15) is 10.4 Å². The molecule has 19 heavy (non-hydrogen) atoms. The Balaban J connectivity index is 1.98. The zero-order valence-corrected chi connectivity index (χ0v) is 11.9. The van der Waals surface area contributed by atoms with Gasteiger partial charge in [0.15, 0.2) is 0 Å². The van der Waals surface area contributed by atoms with E-state index in [9.17, 15) is 0 Å². The third-order valence-corrected chi connectivity index (χ3v) is 3.80. The number of hydrogen-bond acceptors (Lipinski definition) is 4. The van der Waals surface area contributed by atoms with Crippen LogP contribution >= 0.6 is 11.3 Å². The summed E-state index contributed by atoms with van der Waals surface area (Å²) in [6.07, 6.45) is 1.73. The smallest absolute Gasteiger partial charge is 0.122 e. The second-order valence-electron chi connectivity index (χ2n) is 4.19. The van der Waals surface area contributed by atoms with Crippen LogP contribution in [0.4, 0.5) is 0 Å². The average Bonchev–Trinajstić information content (AvgIpc) is 2.94. The van der Waals surface area contributed by atoms with Crippen molar-refractivity contribution in [2.75, 3.05) is 20.3 Å². The van der Waals surface area contributed by atoms with Crippen molar-refractivity contribution in [2.24, 2.45) is 5.73 Å². The van der Waals surface area contributed by atoms with E-state index in [1.807, 2.05) is 18.2 Å². The van der Waals surface area contributed by atoms with Crippen molar-refractivity contribution < 1.29 is 9.47 Å². The molecule has 0 saturated heterocycles. The van der Waals surface area contributed by atoms with Crippen LogP contribution in [-0.4, -0.2) is 20.3 Å². The molecule has 0 aliphatic heterocycles. The minimum atomic E-state index is 0.606. The highest BCUT2D eigenvalue weighted by atomic mass is 32.1. The molecule has 0 atom stereocenters. The SMILES string of the molecule is COc1ccc(OCCc2cccs2)c(CCN)c1. The minimum Gasteiger partial charge on any atom is -0.497 e. The van der Waals surface area contributed by atoms with Gasteiger partial charge in [0.05, 0.1) is 13.7 Å². The van der Waals surface area contributed by atoms with Gasteiger partial charge < -0.3 is 15.2 Å². The Hall–Kier alpha value is -1.52. The van der Waals surface area contributed by atoms with Crippen LogP contribution in [0.25, 0.3) is 0 Å². The Morgan fingerprint density at radius 3 is 2.79 bits per heavy atom. The number of benzene rings is 1. The van der Waals surface area contributed by atoms with E-state index in [0.717, 1.165) is 29.9 Å². The first-order valence-corrected chi connectivity index (χ1v) is 7.23. The summed E-state index contributed by atoms with van der Waals surface area (Å²) in [5.74, 6) is 1.75. The maximum absolute atomic E-state index is 5.86. The van der Waals surface area contributed by atoms with E-state index < -0.39 is 0 Å². The standard InChI is InChI=1S/C15H19NO2S/c1-17-13-4-5-15(12(11-13)6-8-16)18-9-7-14-3-2-10-19-14/h2-5,10-11H,6-9,16H2,1H3. The van der Waals surface area contributed by atoms with Crippen LogP contribution in [0.3, 0.4) is 0 Å². The summed E-state index contributed by atoms with van der Waals surface area (Å²) in [5.41, 5.74) is 6.74. The molecule has 2 N–H and O–H groups in total. The highest BCUT2D eigenvalue weighted by Gasteiger charge is 2.05. The van der Waals surface area contributed by atoms with E-state index in [4.69, 9.17) is 15.2 Å². The van der Waals surface area contributed by atoms with Crippen molar-refractivity contribution in [3.8, 4) is 11.5 Å². The van der Waals surface area contributed by atoms with Gasteiger partial charge in [-0.3, -0.25) is 0 Å². The first-order chi connectivity index (χ1) is 9.33. The van der Waals surface area contributed by atoms with E-state index in [1.165, 1.54) is 4.88 Å². The average molecular weight is 277 g/mol. The number of methoxy groups -OCH3 is 1. The van der Waals surface area contributed by atoms with Gasteiger partial charge in [-0.25, -0.2) is 0 Å². The monoisotopic (exact) mass is 277 g/mol. The van der Waals surface area contributed by atoms with Crippen LogP contribution in [0.2, 0.25) is 0 Å². The Morgan fingerprint density at radius 1 is 1.21 bits per heavy atom. The zero-order valence-electron chi connectivity index (χ0n) is 11.1. The van der Waals surface area contributed by atoms with Gasteiger partial charge in [-0.15, -0.1) is 11.3 Å². The first-order valence-electron chi connectivity index (χ1n) is 6.35. The van der Waals surface area contributed by atoms with Crippen molar-refractivity contribution in [1.82, 2.24) is 0 Å². The molecule has 1 heterocycles. The van der Waals surface area contributed by atoms with Gasteiger partial charge in [0.25, 0.3) is 0 Å². The predicted octanol–water partition coefficient (Wildman–Crippen LogP) is 2.88. The maximum Gasteiger partial charge on any atom is 0.122 e. The molecule has 1 aromatic carbocycles. The van der Waals surface area contributed by atoms with Gasteiger partial charge in [0, 0.05) is 11.3 Å². The van der Waals surface area contributed by atoms with Gasteiger partial charge in [0.2, 0.25) is 0 Å². The molecule has 2 rings (SSSR count). The van der Waals surface area contributed by atoms with Gasteiger partial charge in [-0.2, -0.15) is 0 Å². The van der Waals surface area contributed by atoms with Crippen LogP contribution in [0.15, 0.2) is 35.7 Å². The molecule has 4 heteroatoms. The quantitative estimate of drug-likeness (QED) is 0.846. The van der Waals surface area contributed by atoms with E-state index in [-0.39, 0.29) is 0 Å². The van der Waals surface area contributed by atoms with Crippen molar-refractivity contribution >= 4 is 11.3 Å². The lowest BCUT2D eigenvalue weighted by Crippen LogP contribution is -2.07. The van der Waals surface area contributed by atoms with Crippen LogP contribution in [-0.2, 0) is 12.8 Å². The molecule has 1 aromatic heterocycles.